The number of benzene rings is 2. The third kappa shape index (κ3) is 11.8. The van der Waals surface area contributed by atoms with E-state index in [-0.39, 0.29) is 41.9 Å². The smallest absolute Gasteiger partial charge is 0.303 e. The highest BCUT2D eigenvalue weighted by atomic mass is 35.5. The molecule has 0 amide bonds. The van der Waals surface area contributed by atoms with Gasteiger partial charge in [0.05, 0.1) is 26.7 Å². The maximum absolute atomic E-state index is 12.3. The molecule has 2 atom stereocenters. The highest BCUT2D eigenvalue weighted by Crippen LogP contribution is 2.48. The van der Waals surface area contributed by atoms with Crippen molar-refractivity contribution in [2.75, 3.05) is 23.4 Å². The van der Waals surface area contributed by atoms with Crippen LogP contribution in [0.1, 0.15) is 95.6 Å². The zero-order valence-corrected chi connectivity index (χ0v) is 37.6. The summed E-state index contributed by atoms with van der Waals surface area (Å²) in [5, 5.41) is 12.9. The molecule has 61 heavy (non-hydrogen) atoms. The second-order valence-electron chi connectivity index (χ2n) is 15.9. The van der Waals surface area contributed by atoms with Gasteiger partial charge in [0.25, 0.3) is 40.5 Å². The summed E-state index contributed by atoms with van der Waals surface area (Å²) < 4.78 is 136. The number of rotatable bonds is 19. The van der Waals surface area contributed by atoms with Crippen LogP contribution in [0.3, 0.4) is 0 Å². The van der Waals surface area contributed by atoms with Crippen molar-refractivity contribution in [2.24, 2.45) is 0 Å². The van der Waals surface area contributed by atoms with Gasteiger partial charge in [-0.1, -0.05) is 23.8 Å². The van der Waals surface area contributed by atoms with Gasteiger partial charge in [0.15, 0.2) is 5.71 Å². The third-order valence-electron chi connectivity index (χ3n) is 11.5. The number of carboxylic acids is 1. The molecule has 2 unspecified atom stereocenters. The number of allylic oxidation sites excluding steroid dienone is 8. The van der Waals surface area contributed by atoms with Gasteiger partial charge in [-0.2, -0.15) is 38.2 Å². The average Bonchev–Trinajstić information content (AvgIpc) is 3.54. The molecule has 16 nitrogen and oxygen atoms in total. The maximum atomic E-state index is 12.3. The average molecular weight is 947 g/mol. The first-order valence-electron chi connectivity index (χ1n) is 19.5. The minimum atomic E-state index is -4.63. The van der Waals surface area contributed by atoms with Crippen LogP contribution in [0.4, 0.5) is 11.4 Å². The lowest BCUT2D eigenvalue weighted by Crippen LogP contribution is -2.32. The quantitative estimate of drug-likeness (QED) is 0.0473. The number of anilines is 1. The number of unbranched alkanes of at least 4 members (excludes halogenated alkanes) is 2. The largest absolute Gasteiger partial charge is 0.481 e. The van der Waals surface area contributed by atoms with E-state index in [0.29, 0.717) is 84.0 Å². The molecule has 0 spiro atoms. The van der Waals surface area contributed by atoms with E-state index in [1.54, 1.807) is 19.1 Å². The highest BCUT2D eigenvalue weighted by Gasteiger charge is 2.48. The fourth-order valence-corrected chi connectivity index (χ4v) is 10.7. The van der Waals surface area contributed by atoms with Gasteiger partial charge in [-0.05, 0) is 125 Å². The van der Waals surface area contributed by atoms with E-state index in [4.69, 9.17) is 16.7 Å². The Bertz CT molecular complexity index is 2710. The minimum absolute atomic E-state index is 0.00341. The first-order valence-corrected chi connectivity index (χ1v) is 26.0. The van der Waals surface area contributed by atoms with Gasteiger partial charge in [0.1, 0.15) is 6.54 Å². The van der Waals surface area contributed by atoms with Crippen molar-refractivity contribution in [1.82, 2.24) is 0 Å². The molecule has 0 saturated carbocycles. The molecule has 21 heteroatoms. The van der Waals surface area contributed by atoms with Gasteiger partial charge in [-0.15, -0.1) is 0 Å². The molecule has 0 fully saturated rings. The molecule has 2 aliphatic heterocycles. The number of halogens is 1. The second-order valence-corrected chi connectivity index (χ2v) is 22.3. The topological polar surface area (TPSA) is 270 Å². The van der Waals surface area contributed by atoms with Crippen LogP contribution in [0.25, 0.3) is 0 Å². The van der Waals surface area contributed by atoms with Gasteiger partial charge < -0.3 is 10.4 Å². The van der Waals surface area contributed by atoms with Crippen LogP contribution in [0.15, 0.2) is 92.4 Å². The van der Waals surface area contributed by atoms with Crippen LogP contribution in [-0.2, 0) is 56.1 Å². The Morgan fingerprint density at radius 3 is 1.93 bits per heavy atom. The van der Waals surface area contributed by atoms with Crippen LogP contribution in [0.2, 0.25) is 0 Å². The second kappa shape index (κ2) is 18.5. The van der Waals surface area contributed by atoms with E-state index in [9.17, 15) is 56.7 Å². The normalized spacial score (nSPS) is 22.3. The summed E-state index contributed by atoms with van der Waals surface area (Å²) in [6, 6.07) is 8.26. The Labute approximate surface area is 361 Å². The van der Waals surface area contributed by atoms with Crippen molar-refractivity contribution >= 4 is 75.1 Å². The van der Waals surface area contributed by atoms with Crippen molar-refractivity contribution < 1.29 is 66.4 Å². The lowest BCUT2D eigenvalue weighted by molar-refractivity contribution is -0.438. The third-order valence-corrected chi connectivity index (χ3v) is 15.3. The molecule has 5 rings (SSSR count). The molecule has 0 aromatic heterocycles. The van der Waals surface area contributed by atoms with E-state index in [1.165, 1.54) is 30.3 Å². The van der Waals surface area contributed by atoms with E-state index in [1.807, 2.05) is 29.7 Å². The number of aliphatic carboxylic acids is 1. The summed E-state index contributed by atoms with van der Waals surface area (Å²) in [7, 11) is -17.8. The van der Waals surface area contributed by atoms with Gasteiger partial charge in [-0.25, -0.2) is 0 Å². The minimum Gasteiger partial charge on any atom is -0.481 e. The standard InChI is InChI=1S/C40H49ClN2O14S4/c1-39(20-7-23-58(46,47)48)31-25-29(60(52,53)54)14-16-33(31)42-35(39)18-12-27-9-6-10-28(38(27)41)13-19-36-40(2,21-8-24-59(49,50)51)32-26-30(61(55,56)57)15-17-34(32)43(36)22-5-3-4-11-37(44)45/h12-19,25-26H,3-11,20-24H2,1-2H3,(H5,44,45,46,47,48,49,50,51,52,53,54,55,56,57)/p+1. The molecular formula is C40H50ClN2O14S4+. The lowest BCUT2D eigenvalue weighted by Gasteiger charge is -2.27. The van der Waals surface area contributed by atoms with Crippen LogP contribution in [0, 0.1) is 0 Å². The molecule has 0 bridgehead atoms. The number of hydrogen-bond acceptors (Lipinski definition) is 10. The summed E-state index contributed by atoms with van der Waals surface area (Å²) in [5.41, 5.74) is 2.93. The van der Waals surface area contributed by atoms with E-state index < -0.39 is 68.8 Å². The Balaban J connectivity index is 1.56. The van der Waals surface area contributed by atoms with Gasteiger partial charge in [0, 0.05) is 52.4 Å². The van der Waals surface area contributed by atoms with Gasteiger partial charge in [-0.3, -0.25) is 23.0 Å². The van der Waals surface area contributed by atoms with Crippen LogP contribution in [0.5, 0.6) is 0 Å². The number of nitrogens with one attached hydrogen (secondary N) is 1. The first-order chi connectivity index (χ1) is 28.2. The number of carbonyl (C=O) groups is 1. The monoisotopic (exact) mass is 945 g/mol. The van der Waals surface area contributed by atoms with Gasteiger partial charge in [0.2, 0.25) is 5.69 Å². The summed E-state index contributed by atoms with van der Waals surface area (Å²) in [6.07, 6.45) is 11.0. The summed E-state index contributed by atoms with van der Waals surface area (Å²) in [5.74, 6) is -2.00. The summed E-state index contributed by atoms with van der Waals surface area (Å²) in [6.45, 7) is 4.00. The van der Waals surface area contributed by atoms with Crippen molar-refractivity contribution in [3.63, 3.8) is 0 Å². The Kier molecular flexibility index (Phi) is 14.7. The van der Waals surface area contributed by atoms with Crippen molar-refractivity contribution in [3.8, 4) is 0 Å². The van der Waals surface area contributed by atoms with E-state index >= 15 is 0 Å². The molecule has 3 aliphatic rings. The molecule has 334 valence electrons. The highest BCUT2D eigenvalue weighted by molar-refractivity contribution is 7.86. The lowest BCUT2D eigenvalue weighted by atomic mass is 9.75. The van der Waals surface area contributed by atoms with E-state index in [2.05, 4.69) is 5.32 Å². The first kappa shape index (κ1) is 48.3. The van der Waals surface area contributed by atoms with Crippen LogP contribution < -0.4 is 5.32 Å². The molecule has 6 N–H and O–H groups in total. The maximum Gasteiger partial charge on any atom is 0.303 e. The zero-order chi connectivity index (χ0) is 45.2. The van der Waals surface area contributed by atoms with Crippen molar-refractivity contribution in [3.05, 3.63) is 93.7 Å². The fraction of sp³-hybridized carbons (Fsp3) is 0.450. The fourth-order valence-electron chi connectivity index (χ4n) is 8.38. The molecular weight excluding hydrogens is 896 g/mol. The number of carboxylic acid groups (broad SMARTS) is 1. The Morgan fingerprint density at radius 2 is 1.34 bits per heavy atom. The van der Waals surface area contributed by atoms with Crippen molar-refractivity contribution in [1.29, 1.82) is 0 Å². The molecule has 0 radical (unpaired) electrons. The SMILES string of the molecule is CC1(CCCS(=O)(=O)O)C(/C=C/C2=C(Cl)C(=C/C=C3/Nc4ccc(S(=O)(=O)O)cc4C3(C)CCCS(=O)(=O)O)/CCC2)=[N+](CCCCCC(=O)O)c2ccc(S(=O)(=O)O)cc21. The number of fused-ring (bicyclic) bond motifs is 2. The van der Waals surface area contributed by atoms with E-state index in [0.717, 1.165) is 11.1 Å². The predicted molar refractivity (Wildman–Crippen MR) is 230 cm³/mol. The Morgan fingerprint density at radius 1 is 0.754 bits per heavy atom. The van der Waals surface area contributed by atoms with Crippen LogP contribution in [-0.4, -0.2) is 91.3 Å². The summed E-state index contributed by atoms with van der Waals surface area (Å²) in [4.78, 5) is 10.5. The Hall–Kier alpha value is -3.73. The number of hydrogen-bond donors (Lipinski definition) is 6. The molecule has 1 aliphatic carbocycles. The molecule has 2 heterocycles. The summed E-state index contributed by atoms with van der Waals surface area (Å²) >= 11 is 7.09. The van der Waals surface area contributed by atoms with Crippen molar-refractivity contribution in [2.45, 2.75) is 105 Å². The van der Waals surface area contributed by atoms with Crippen LogP contribution >= 0.6 is 11.6 Å². The molecule has 2 aromatic carbocycles. The molecule has 2 aromatic rings. The molecule has 0 saturated heterocycles. The number of nitrogens with zero attached hydrogens (tertiary/aromatic N) is 1. The van der Waals surface area contributed by atoms with Gasteiger partial charge >= 0.3 is 5.97 Å². The zero-order valence-electron chi connectivity index (χ0n) is 33.5. The predicted octanol–water partition coefficient (Wildman–Crippen LogP) is 6.94.